The molecule has 0 N–H and O–H groups in total. The van der Waals surface area contributed by atoms with Crippen molar-refractivity contribution in [2.75, 3.05) is 19.8 Å². The molecule has 1 saturated carbocycles. The van der Waals surface area contributed by atoms with Crippen molar-refractivity contribution < 1.29 is 4.74 Å². The van der Waals surface area contributed by atoms with Crippen LogP contribution in [0.15, 0.2) is 42.7 Å². The van der Waals surface area contributed by atoms with E-state index in [-0.39, 0.29) is 0 Å². The fraction of sp³-hybridized carbons (Fsp3) is 0.526. The zero-order valence-electron chi connectivity index (χ0n) is 13.6. The number of benzene rings is 1. The summed E-state index contributed by atoms with van der Waals surface area (Å²) >= 11 is 0. The average molecular weight is 311 g/mol. The molecule has 1 atom stereocenters. The van der Waals surface area contributed by atoms with Gasteiger partial charge in [0.05, 0.1) is 13.2 Å². The van der Waals surface area contributed by atoms with Gasteiger partial charge in [0, 0.05) is 38.1 Å². The second-order valence-corrected chi connectivity index (χ2v) is 6.85. The first-order chi connectivity index (χ1) is 11.4. The Morgan fingerprint density at radius 1 is 1.17 bits per heavy atom. The molecule has 0 bridgehead atoms. The Hall–Kier alpha value is -1.65. The van der Waals surface area contributed by atoms with Gasteiger partial charge in [-0.2, -0.15) is 0 Å². The van der Waals surface area contributed by atoms with Crippen LogP contribution < -0.4 is 0 Å². The van der Waals surface area contributed by atoms with Gasteiger partial charge in [0.15, 0.2) is 0 Å². The minimum absolute atomic E-state index is 0.702. The third-order valence-electron chi connectivity index (χ3n) is 4.92. The molecule has 1 unspecified atom stereocenters. The van der Waals surface area contributed by atoms with Crippen molar-refractivity contribution in [3.63, 3.8) is 0 Å². The molecule has 0 amide bonds. The highest BCUT2D eigenvalue weighted by molar-refractivity contribution is 5.15. The second kappa shape index (κ2) is 6.85. The van der Waals surface area contributed by atoms with Crippen LogP contribution in [0.1, 0.15) is 30.7 Å². The molecule has 2 aromatic rings. The van der Waals surface area contributed by atoms with Crippen LogP contribution in [0.3, 0.4) is 0 Å². The van der Waals surface area contributed by atoms with Crippen LogP contribution in [0, 0.1) is 5.92 Å². The van der Waals surface area contributed by atoms with Gasteiger partial charge in [-0.1, -0.05) is 30.3 Å². The Bertz CT molecular complexity index is 615. The van der Waals surface area contributed by atoms with Crippen LogP contribution in [-0.2, 0) is 17.8 Å². The lowest BCUT2D eigenvalue weighted by molar-refractivity contribution is 0.159. The number of rotatable bonds is 7. The molecular formula is C19H25N3O. The summed E-state index contributed by atoms with van der Waals surface area (Å²) in [6.45, 7) is 4.89. The van der Waals surface area contributed by atoms with Gasteiger partial charge in [-0.05, 0) is 30.7 Å². The topological polar surface area (TPSA) is 30.3 Å². The molecule has 4 nitrogen and oxygen atoms in total. The summed E-state index contributed by atoms with van der Waals surface area (Å²) < 4.78 is 7.84. The Morgan fingerprint density at radius 3 is 2.78 bits per heavy atom. The Kier molecular flexibility index (Phi) is 4.44. The molecule has 1 aromatic heterocycles. The summed E-state index contributed by atoms with van der Waals surface area (Å²) in [4.78, 5) is 7.26. The lowest BCUT2D eigenvalue weighted by Crippen LogP contribution is -2.32. The first-order valence-corrected chi connectivity index (χ1v) is 8.74. The monoisotopic (exact) mass is 311 g/mol. The Labute approximate surface area is 138 Å². The zero-order chi connectivity index (χ0) is 15.5. The molecule has 1 aliphatic heterocycles. The first kappa shape index (κ1) is 14.9. The van der Waals surface area contributed by atoms with E-state index in [1.165, 1.54) is 30.7 Å². The molecule has 1 aromatic carbocycles. The molecule has 2 heterocycles. The lowest BCUT2D eigenvalue weighted by Gasteiger charge is -2.24. The van der Waals surface area contributed by atoms with E-state index in [1.807, 2.05) is 6.20 Å². The fourth-order valence-electron chi connectivity index (χ4n) is 3.44. The van der Waals surface area contributed by atoms with Crippen molar-refractivity contribution in [1.82, 2.24) is 14.5 Å². The predicted octanol–water partition coefficient (Wildman–Crippen LogP) is 2.93. The quantitative estimate of drug-likeness (QED) is 0.787. The van der Waals surface area contributed by atoms with Gasteiger partial charge in [0.25, 0.3) is 0 Å². The third-order valence-corrected chi connectivity index (χ3v) is 4.92. The van der Waals surface area contributed by atoms with Gasteiger partial charge in [-0.25, -0.2) is 4.98 Å². The van der Waals surface area contributed by atoms with Gasteiger partial charge < -0.3 is 9.30 Å². The highest BCUT2D eigenvalue weighted by atomic mass is 16.5. The minimum Gasteiger partial charge on any atom is -0.381 e. The van der Waals surface area contributed by atoms with Gasteiger partial charge in [0.2, 0.25) is 0 Å². The molecule has 2 aliphatic rings. The fourth-order valence-corrected chi connectivity index (χ4v) is 3.44. The normalized spacial score (nSPS) is 21.2. The number of ether oxygens (including phenoxy) is 1. The average Bonchev–Trinajstić information content (AvgIpc) is 3.13. The molecule has 1 saturated heterocycles. The standard InChI is InChI=1S/C19H25N3O/c1-2-4-16(5-3-1)12-21-10-9-20-19(21)14-22(18-6-7-18)13-17-8-11-23-15-17/h1-5,9-10,17-18H,6-8,11-15H2. The summed E-state index contributed by atoms with van der Waals surface area (Å²) in [5, 5.41) is 0. The molecule has 0 spiro atoms. The second-order valence-electron chi connectivity index (χ2n) is 6.85. The van der Waals surface area contributed by atoms with Crippen LogP contribution in [0.5, 0.6) is 0 Å². The number of hydrogen-bond donors (Lipinski definition) is 0. The summed E-state index contributed by atoms with van der Waals surface area (Å²) in [5.41, 5.74) is 1.33. The van der Waals surface area contributed by atoms with Crippen LogP contribution in [0.4, 0.5) is 0 Å². The van der Waals surface area contributed by atoms with Gasteiger partial charge >= 0.3 is 0 Å². The third kappa shape index (κ3) is 3.82. The lowest BCUT2D eigenvalue weighted by atomic mass is 10.1. The molecule has 4 heteroatoms. The Balaban J connectivity index is 1.43. The molecule has 1 aliphatic carbocycles. The van der Waals surface area contributed by atoms with Gasteiger partial charge in [-0.15, -0.1) is 0 Å². The van der Waals surface area contributed by atoms with E-state index in [9.17, 15) is 0 Å². The first-order valence-electron chi connectivity index (χ1n) is 8.74. The number of hydrogen-bond acceptors (Lipinski definition) is 3. The van der Waals surface area contributed by atoms with Crippen molar-refractivity contribution in [3.05, 3.63) is 54.1 Å². The largest absolute Gasteiger partial charge is 0.381 e. The minimum atomic E-state index is 0.702. The molecule has 4 rings (SSSR count). The number of nitrogens with zero attached hydrogens (tertiary/aromatic N) is 3. The number of imidazole rings is 1. The van der Waals surface area contributed by atoms with Gasteiger partial charge in [0.1, 0.15) is 5.82 Å². The van der Waals surface area contributed by atoms with Crippen molar-refractivity contribution >= 4 is 0 Å². The maximum absolute atomic E-state index is 5.55. The van der Waals surface area contributed by atoms with Crippen molar-refractivity contribution in [2.24, 2.45) is 5.92 Å². The smallest absolute Gasteiger partial charge is 0.123 e. The van der Waals surface area contributed by atoms with Crippen molar-refractivity contribution in [1.29, 1.82) is 0 Å². The van der Waals surface area contributed by atoms with Crippen LogP contribution in [-0.4, -0.2) is 40.3 Å². The number of aromatic nitrogens is 2. The molecule has 0 radical (unpaired) electrons. The van der Waals surface area contributed by atoms with Crippen LogP contribution in [0.2, 0.25) is 0 Å². The predicted molar refractivity (Wildman–Crippen MR) is 90.1 cm³/mol. The SMILES string of the molecule is c1ccc(Cn2ccnc2CN(CC2CCOC2)C2CC2)cc1. The summed E-state index contributed by atoms with van der Waals surface area (Å²) in [6, 6.07) is 11.4. The summed E-state index contributed by atoms with van der Waals surface area (Å²) in [5.74, 6) is 1.88. The van der Waals surface area contributed by atoms with E-state index in [0.29, 0.717) is 5.92 Å². The molecule has 23 heavy (non-hydrogen) atoms. The van der Waals surface area contributed by atoms with E-state index in [1.54, 1.807) is 0 Å². The highest BCUT2D eigenvalue weighted by Crippen LogP contribution is 2.30. The molecule has 122 valence electrons. The summed E-state index contributed by atoms with van der Waals surface area (Å²) in [7, 11) is 0. The van der Waals surface area contributed by atoms with Crippen molar-refractivity contribution in [3.8, 4) is 0 Å². The highest BCUT2D eigenvalue weighted by Gasteiger charge is 2.32. The van der Waals surface area contributed by atoms with Crippen LogP contribution >= 0.6 is 0 Å². The van der Waals surface area contributed by atoms with Crippen LogP contribution in [0.25, 0.3) is 0 Å². The van der Waals surface area contributed by atoms with E-state index in [4.69, 9.17) is 4.74 Å². The maximum atomic E-state index is 5.55. The zero-order valence-corrected chi connectivity index (χ0v) is 13.6. The van der Waals surface area contributed by atoms with Crippen molar-refractivity contribution in [2.45, 2.75) is 38.4 Å². The molecule has 2 fully saturated rings. The molecular weight excluding hydrogens is 286 g/mol. The Morgan fingerprint density at radius 2 is 2.04 bits per heavy atom. The van der Waals surface area contributed by atoms with E-state index in [0.717, 1.165) is 38.9 Å². The van der Waals surface area contributed by atoms with E-state index in [2.05, 4.69) is 51.0 Å². The van der Waals surface area contributed by atoms with E-state index >= 15 is 0 Å². The maximum Gasteiger partial charge on any atom is 0.123 e. The van der Waals surface area contributed by atoms with Gasteiger partial charge in [-0.3, -0.25) is 4.90 Å². The van der Waals surface area contributed by atoms with E-state index < -0.39 is 0 Å². The summed E-state index contributed by atoms with van der Waals surface area (Å²) in [6.07, 6.45) is 7.93.